The molecule has 5 nitrogen and oxygen atoms in total. The van der Waals surface area contributed by atoms with Crippen LogP contribution in [0.25, 0.3) is 11.3 Å². The number of nitrogens with one attached hydrogen (secondary N) is 1. The van der Waals surface area contributed by atoms with Crippen LogP contribution in [0.4, 0.5) is 5.82 Å². The van der Waals surface area contributed by atoms with Crippen LogP contribution in [-0.4, -0.2) is 22.8 Å². The van der Waals surface area contributed by atoms with Gasteiger partial charge >= 0.3 is 0 Å². The molecule has 6 heteroatoms. The van der Waals surface area contributed by atoms with Crippen LogP contribution in [0.2, 0.25) is 0 Å². The van der Waals surface area contributed by atoms with Crippen LogP contribution < -0.4 is 10.1 Å². The molecule has 23 heavy (non-hydrogen) atoms. The maximum atomic E-state index is 12.1. The largest absolute Gasteiger partial charge is 0.497 e. The van der Waals surface area contributed by atoms with Crippen molar-refractivity contribution in [3.63, 3.8) is 0 Å². The summed E-state index contributed by atoms with van der Waals surface area (Å²) in [4.78, 5) is 13.2. The molecule has 0 aliphatic carbocycles. The summed E-state index contributed by atoms with van der Waals surface area (Å²) in [5.41, 5.74) is 1.73. The fourth-order valence-electron chi connectivity index (χ4n) is 2.27. The first-order valence-corrected chi connectivity index (χ1v) is 8.04. The maximum Gasteiger partial charge on any atom is 0.230 e. The topological polar surface area (TPSA) is 56.1 Å². The van der Waals surface area contributed by atoms with Gasteiger partial charge in [0.25, 0.3) is 0 Å². The van der Waals surface area contributed by atoms with Crippen LogP contribution >= 0.6 is 11.3 Å². The molecule has 0 saturated carbocycles. The van der Waals surface area contributed by atoms with Crippen molar-refractivity contribution in [1.29, 1.82) is 0 Å². The first-order valence-electron chi connectivity index (χ1n) is 7.16. The monoisotopic (exact) mass is 327 g/mol. The van der Waals surface area contributed by atoms with Crippen molar-refractivity contribution >= 4 is 23.1 Å². The Hall–Kier alpha value is -2.60. The number of thiophene rings is 1. The van der Waals surface area contributed by atoms with E-state index in [9.17, 15) is 4.79 Å². The summed E-state index contributed by atoms with van der Waals surface area (Å²) in [5, 5.41) is 9.33. The van der Waals surface area contributed by atoms with E-state index in [4.69, 9.17) is 4.74 Å². The SMILES string of the molecule is COc1cccc(-c2cc(NC(=O)Cc3cccs3)n(C)n2)c1. The Bertz CT molecular complexity index is 809. The highest BCUT2D eigenvalue weighted by molar-refractivity contribution is 7.10. The molecular formula is C17H17N3O2S. The summed E-state index contributed by atoms with van der Waals surface area (Å²) in [5.74, 6) is 1.40. The molecule has 1 aromatic carbocycles. The van der Waals surface area contributed by atoms with Crippen molar-refractivity contribution in [1.82, 2.24) is 9.78 Å². The number of hydrogen-bond acceptors (Lipinski definition) is 4. The van der Waals surface area contributed by atoms with Crippen molar-refractivity contribution in [3.8, 4) is 17.0 Å². The molecule has 1 amide bonds. The van der Waals surface area contributed by atoms with Gasteiger partial charge in [0.15, 0.2) is 0 Å². The van der Waals surface area contributed by atoms with Gasteiger partial charge in [-0.05, 0) is 23.6 Å². The van der Waals surface area contributed by atoms with Crippen molar-refractivity contribution < 1.29 is 9.53 Å². The number of anilines is 1. The van der Waals surface area contributed by atoms with E-state index in [1.165, 1.54) is 0 Å². The smallest absolute Gasteiger partial charge is 0.230 e. The number of aryl methyl sites for hydroxylation is 1. The second-order valence-electron chi connectivity index (χ2n) is 5.07. The van der Waals surface area contributed by atoms with Gasteiger partial charge in [0.2, 0.25) is 5.91 Å². The molecule has 0 unspecified atom stereocenters. The third-order valence-electron chi connectivity index (χ3n) is 3.43. The lowest BCUT2D eigenvalue weighted by atomic mass is 10.1. The standard InChI is InChI=1S/C17H17N3O2S/c1-20-16(18-17(21)10-14-7-4-8-23-14)11-15(19-20)12-5-3-6-13(9-12)22-2/h3-9,11H,10H2,1-2H3,(H,18,21). The summed E-state index contributed by atoms with van der Waals surface area (Å²) in [7, 11) is 3.44. The Morgan fingerprint density at radius 2 is 2.17 bits per heavy atom. The number of ether oxygens (including phenoxy) is 1. The van der Waals surface area contributed by atoms with E-state index in [0.717, 1.165) is 21.9 Å². The number of methoxy groups -OCH3 is 1. The number of carbonyl (C=O) groups is 1. The van der Waals surface area contributed by atoms with Crippen LogP contribution in [0.5, 0.6) is 5.75 Å². The third-order valence-corrected chi connectivity index (χ3v) is 4.30. The Labute approximate surface area is 138 Å². The predicted molar refractivity (Wildman–Crippen MR) is 91.8 cm³/mol. The van der Waals surface area contributed by atoms with Gasteiger partial charge in [-0.15, -0.1) is 11.3 Å². The molecule has 118 valence electrons. The van der Waals surface area contributed by atoms with Crippen LogP contribution in [0.1, 0.15) is 4.88 Å². The lowest BCUT2D eigenvalue weighted by molar-refractivity contribution is -0.115. The van der Waals surface area contributed by atoms with Gasteiger partial charge < -0.3 is 10.1 Å². The molecule has 2 aromatic heterocycles. The van der Waals surface area contributed by atoms with E-state index in [0.29, 0.717) is 12.2 Å². The Kier molecular flexibility index (Phi) is 4.43. The van der Waals surface area contributed by atoms with E-state index < -0.39 is 0 Å². The average molecular weight is 327 g/mol. The van der Waals surface area contributed by atoms with Crippen LogP contribution in [-0.2, 0) is 18.3 Å². The van der Waals surface area contributed by atoms with E-state index >= 15 is 0 Å². The third kappa shape index (κ3) is 3.60. The number of aromatic nitrogens is 2. The predicted octanol–water partition coefficient (Wildman–Crippen LogP) is 3.34. The summed E-state index contributed by atoms with van der Waals surface area (Å²) >= 11 is 1.58. The van der Waals surface area contributed by atoms with Crippen LogP contribution in [0.3, 0.4) is 0 Å². The minimum absolute atomic E-state index is 0.0485. The summed E-state index contributed by atoms with van der Waals surface area (Å²) < 4.78 is 6.90. The zero-order chi connectivity index (χ0) is 16.2. The van der Waals surface area contributed by atoms with Crippen molar-refractivity contribution in [2.45, 2.75) is 6.42 Å². The van der Waals surface area contributed by atoms with Gasteiger partial charge in [0.1, 0.15) is 11.6 Å². The van der Waals surface area contributed by atoms with E-state index in [1.807, 2.05) is 54.9 Å². The zero-order valence-electron chi connectivity index (χ0n) is 12.9. The second kappa shape index (κ2) is 6.66. The first-order chi connectivity index (χ1) is 11.2. The lowest BCUT2D eigenvalue weighted by Gasteiger charge is -2.03. The van der Waals surface area contributed by atoms with Gasteiger partial charge in [-0.3, -0.25) is 9.48 Å². The number of benzene rings is 1. The normalized spacial score (nSPS) is 10.5. The molecule has 0 atom stereocenters. The molecule has 1 N–H and O–H groups in total. The number of amides is 1. The molecule has 0 aliphatic heterocycles. The Balaban J connectivity index is 1.76. The molecule has 3 aromatic rings. The highest BCUT2D eigenvalue weighted by Crippen LogP contribution is 2.25. The van der Waals surface area contributed by atoms with Gasteiger partial charge in [0.05, 0.1) is 19.2 Å². The Morgan fingerprint density at radius 3 is 2.91 bits per heavy atom. The Morgan fingerprint density at radius 1 is 1.30 bits per heavy atom. The molecular weight excluding hydrogens is 310 g/mol. The lowest BCUT2D eigenvalue weighted by Crippen LogP contribution is -2.16. The molecule has 0 radical (unpaired) electrons. The summed E-state index contributed by atoms with van der Waals surface area (Å²) in [6.07, 6.45) is 0.372. The molecule has 0 aliphatic rings. The first kappa shape index (κ1) is 15.3. The molecule has 0 bridgehead atoms. The van der Waals surface area contributed by atoms with Gasteiger partial charge in [-0.25, -0.2) is 0 Å². The minimum Gasteiger partial charge on any atom is -0.497 e. The van der Waals surface area contributed by atoms with E-state index in [2.05, 4.69) is 10.4 Å². The highest BCUT2D eigenvalue weighted by Gasteiger charge is 2.11. The minimum atomic E-state index is -0.0485. The number of hydrogen-bond donors (Lipinski definition) is 1. The van der Waals surface area contributed by atoms with E-state index in [-0.39, 0.29) is 5.91 Å². The number of carbonyl (C=O) groups excluding carboxylic acids is 1. The summed E-state index contributed by atoms with van der Waals surface area (Å²) in [6, 6.07) is 13.4. The van der Waals surface area contributed by atoms with Crippen molar-refractivity contribution in [3.05, 3.63) is 52.7 Å². The number of nitrogens with zero attached hydrogens (tertiary/aromatic N) is 2. The number of rotatable bonds is 5. The van der Waals surface area contributed by atoms with Crippen molar-refractivity contribution in [2.75, 3.05) is 12.4 Å². The molecule has 3 rings (SSSR count). The van der Waals surface area contributed by atoms with Gasteiger partial charge in [0, 0.05) is 23.6 Å². The fourth-order valence-corrected chi connectivity index (χ4v) is 2.97. The maximum absolute atomic E-state index is 12.1. The van der Waals surface area contributed by atoms with Gasteiger partial charge in [-0.1, -0.05) is 18.2 Å². The summed E-state index contributed by atoms with van der Waals surface area (Å²) in [6.45, 7) is 0. The zero-order valence-corrected chi connectivity index (χ0v) is 13.8. The van der Waals surface area contributed by atoms with Crippen molar-refractivity contribution in [2.24, 2.45) is 7.05 Å². The van der Waals surface area contributed by atoms with E-state index in [1.54, 1.807) is 23.1 Å². The highest BCUT2D eigenvalue weighted by atomic mass is 32.1. The molecule has 0 fully saturated rings. The fraction of sp³-hybridized carbons (Fsp3) is 0.176. The van der Waals surface area contributed by atoms with Crippen LogP contribution in [0, 0.1) is 0 Å². The van der Waals surface area contributed by atoms with Gasteiger partial charge in [-0.2, -0.15) is 5.10 Å². The molecule has 2 heterocycles. The quantitative estimate of drug-likeness (QED) is 0.782. The molecule has 0 saturated heterocycles. The average Bonchev–Trinajstić information content (AvgIpc) is 3.18. The molecule has 0 spiro atoms. The second-order valence-corrected chi connectivity index (χ2v) is 6.11. The van der Waals surface area contributed by atoms with Crippen LogP contribution in [0.15, 0.2) is 47.8 Å².